The van der Waals surface area contributed by atoms with E-state index in [1.807, 2.05) is 0 Å². The van der Waals surface area contributed by atoms with Crippen LogP contribution < -0.4 is 0 Å². The number of carbonyl (C=O) groups excluding carboxylic acids is 2. The highest BCUT2D eigenvalue weighted by molar-refractivity contribution is 5.97. The molecule has 0 aromatic carbocycles. The minimum Gasteiger partial charge on any atom is -0.279 e. The summed E-state index contributed by atoms with van der Waals surface area (Å²) in [5.41, 5.74) is -0.104. The second kappa shape index (κ2) is 2.80. The van der Waals surface area contributed by atoms with Crippen molar-refractivity contribution in [2.45, 2.75) is 38.5 Å². The molecule has 0 bridgehead atoms. The lowest BCUT2D eigenvalue weighted by molar-refractivity contribution is -0.188. The summed E-state index contributed by atoms with van der Waals surface area (Å²) in [6.45, 7) is 0. The molecule has 13 heavy (non-hydrogen) atoms. The van der Waals surface area contributed by atoms with Crippen molar-refractivity contribution < 1.29 is 14.8 Å². The van der Waals surface area contributed by atoms with Crippen LogP contribution in [0.1, 0.15) is 38.5 Å². The summed E-state index contributed by atoms with van der Waals surface area (Å²) in [7, 11) is 0. The molecule has 1 saturated heterocycles. The van der Waals surface area contributed by atoms with Crippen molar-refractivity contribution in [2.24, 2.45) is 5.41 Å². The molecule has 0 unspecified atom stereocenters. The molecule has 4 heteroatoms. The van der Waals surface area contributed by atoms with Gasteiger partial charge in [0.2, 0.25) is 0 Å². The third-order valence-electron chi connectivity index (χ3n) is 3.19. The van der Waals surface area contributed by atoms with Crippen LogP contribution in [0.2, 0.25) is 0 Å². The molecule has 4 nitrogen and oxygen atoms in total. The largest absolute Gasteiger partial charge is 0.279 e. The average Bonchev–Trinajstić information content (AvgIpc) is 2.49. The minimum atomic E-state index is -0.432. The maximum absolute atomic E-state index is 11.2. The third-order valence-corrected chi connectivity index (χ3v) is 3.19. The van der Waals surface area contributed by atoms with Crippen LogP contribution in [0, 0.1) is 5.41 Å². The number of imide groups is 1. The first-order valence-corrected chi connectivity index (χ1v) is 4.68. The summed E-state index contributed by atoms with van der Waals surface area (Å²) < 4.78 is 0. The topological polar surface area (TPSA) is 57.6 Å². The van der Waals surface area contributed by atoms with E-state index in [9.17, 15) is 9.59 Å². The Balaban J connectivity index is 2.17. The van der Waals surface area contributed by atoms with Gasteiger partial charge in [-0.3, -0.25) is 14.8 Å². The smallest absolute Gasteiger partial charge is 0.253 e. The zero-order valence-corrected chi connectivity index (χ0v) is 7.45. The molecule has 0 radical (unpaired) electrons. The Morgan fingerprint density at radius 2 is 1.54 bits per heavy atom. The van der Waals surface area contributed by atoms with Gasteiger partial charge in [-0.25, -0.2) is 0 Å². The molecule has 72 valence electrons. The molecule has 2 fully saturated rings. The van der Waals surface area contributed by atoms with Crippen molar-refractivity contribution >= 4 is 11.8 Å². The van der Waals surface area contributed by atoms with E-state index in [2.05, 4.69) is 0 Å². The van der Waals surface area contributed by atoms with Crippen molar-refractivity contribution in [3.63, 3.8) is 0 Å². The number of hydroxylamine groups is 2. The number of carbonyl (C=O) groups is 2. The highest BCUT2D eigenvalue weighted by atomic mass is 16.5. The van der Waals surface area contributed by atoms with Gasteiger partial charge in [0.25, 0.3) is 11.8 Å². The molecule has 1 saturated carbocycles. The lowest BCUT2D eigenvalue weighted by Gasteiger charge is -2.34. The average molecular weight is 183 g/mol. The molecule has 1 aliphatic heterocycles. The van der Waals surface area contributed by atoms with Crippen LogP contribution in [0.15, 0.2) is 0 Å². The lowest BCUT2D eigenvalue weighted by Crippen LogP contribution is -2.45. The van der Waals surface area contributed by atoms with E-state index >= 15 is 0 Å². The van der Waals surface area contributed by atoms with Crippen molar-refractivity contribution in [3.8, 4) is 0 Å². The Morgan fingerprint density at radius 3 is 2.00 bits per heavy atom. The summed E-state index contributed by atoms with van der Waals surface area (Å²) in [5, 5.41) is 9.31. The van der Waals surface area contributed by atoms with Gasteiger partial charge >= 0.3 is 0 Å². The fourth-order valence-corrected chi connectivity index (χ4v) is 2.47. The molecule has 1 N–H and O–H groups in total. The van der Waals surface area contributed by atoms with Crippen molar-refractivity contribution in [1.82, 2.24) is 5.06 Å². The third kappa shape index (κ3) is 1.35. The first-order chi connectivity index (χ1) is 6.13. The van der Waals surface area contributed by atoms with Gasteiger partial charge in [-0.2, -0.15) is 5.06 Å². The summed E-state index contributed by atoms with van der Waals surface area (Å²) in [6.07, 6.45) is 4.80. The van der Waals surface area contributed by atoms with Gasteiger partial charge in [0, 0.05) is 12.8 Å². The van der Waals surface area contributed by atoms with E-state index in [1.54, 1.807) is 0 Å². The predicted octanol–water partition coefficient (Wildman–Crippen LogP) is 1.08. The molecule has 1 spiro atoms. The lowest BCUT2D eigenvalue weighted by atomic mass is 9.77. The zero-order chi connectivity index (χ0) is 9.47. The van der Waals surface area contributed by atoms with Crippen LogP contribution in [-0.4, -0.2) is 22.1 Å². The van der Waals surface area contributed by atoms with E-state index in [0.717, 1.165) is 25.7 Å². The maximum Gasteiger partial charge on any atom is 0.253 e. The Kier molecular flexibility index (Phi) is 1.87. The van der Waals surface area contributed by atoms with Crippen molar-refractivity contribution in [3.05, 3.63) is 0 Å². The standard InChI is InChI=1S/C9H13NO3/c11-7-5-9(3-1-2-4-9)6-8(12)10(7)13/h13H,1-6H2. The summed E-state index contributed by atoms with van der Waals surface area (Å²) in [4.78, 5) is 22.4. The van der Waals surface area contributed by atoms with Gasteiger partial charge < -0.3 is 0 Å². The SMILES string of the molecule is O=C1CC2(CCCC2)CC(=O)N1O. The van der Waals surface area contributed by atoms with Gasteiger partial charge in [-0.1, -0.05) is 12.8 Å². The molecule has 2 aliphatic rings. The normalized spacial score (nSPS) is 27.3. The highest BCUT2D eigenvalue weighted by Gasteiger charge is 2.44. The Bertz CT molecular complexity index is 236. The number of nitrogens with zero attached hydrogens (tertiary/aromatic N) is 1. The Morgan fingerprint density at radius 1 is 1.08 bits per heavy atom. The van der Waals surface area contributed by atoms with Gasteiger partial charge in [0.15, 0.2) is 0 Å². The van der Waals surface area contributed by atoms with Crippen LogP contribution in [0.25, 0.3) is 0 Å². The van der Waals surface area contributed by atoms with Crippen LogP contribution in [0.4, 0.5) is 0 Å². The maximum atomic E-state index is 11.2. The first kappa shape index (κ1) is 8.69. The van der Waals surface area contributed by atoms with E-state index < -0.39 is 11.8 Å². The first-order valence-electron chi connectivity index (χ1n) is 4.68. The highest BCUT2D eigenvalue weighted by Crippen LogP contribution is 2.46. The number of rotatable bonds is 0. The fraction of sp³-hybridized carbons (Fsp3) is 0.778. The van der Waals surface area contributed by atoms with Crippen molar-refractivity contribution in [1.29, 1.82) is 0 Å². The Labute approximate surface area is 76.5 Å². The van der Waals surface area contributed by atoms with Crippen LogP contribution in [0.3, 0.4) is 0 Å². The molecular formula is C9H13NO3. The number of piperidine rings is 1. The number of hydrogen-bond donors (Lipinski definition) is 1. The van der Waals surface area contributed by atoms with E-state index in [-0.39, 0.29) is 10.5 Å². The van der Waals surface area contributed by atoms with Crippen LogP contribution >= 0.6 is 0 Å². The molecular weight excluding hydrogens is 170 g/mol. The molecule has 1 aliphatic carbocycles. The van der Waals surface area contributed by atoms with E-state index in [0.29, 0.717) is 12.8 Å². The minimum absolute atomic E-state index is 0.104. The quantitative estimate of drug-likeness (QED) is 0.451. The van der Waals surface area contributed by atoms with Crippen LogP contribution in [-0.2, 0) is 9.59 Å². The summed E-state index contributed by atoms with van der Waals surface area (Å²) >= 11 is 0. The zero-order valence-electron chi connectivity index (χ0n) is 7.45. The summed E-state index contributed by atoms with van der Waals surface area (Å²) in [6, 6.07) is 0. The number of hydrogen-bond acceptors (Lipinski definition) is 3. The molecule has 0 aromatic heterocycles. The predicted molar refractivity (Wildman–Crippen MR) is 43.8 cm³/mol. The van der Waals surface area contributed by atoms with E-state index in [1.165, 1.54) is 0 Å². The van der Waals surface area contributed by atoms with Gasteiger partial charge in [-0.15, -0.1) is 0 Å². The summed E-state index contributed by atoms with van der Waals surface area (Å²) in [5.74, 6) is -0.865. The second-order valence-electron chi connectivity index (χ2n) is 4.16. The molecule has 0 aromatic rings. The van der Waals surface area contributed by atoms with Crippen LogP contribution in [0.5, 0.6) is 0 Å². The number of amides is 2. The van der Waals surface area contributed by atoms with Gasteiger partial charge in [0.05, 0.1) is 0 Å². The van der Waals surface area contributed by atoms with Gasteiger partial charge in [0.1, 0.15) is 0 Å². The Hall–Kier alpha value is -0.900. The van der Waals surface area contributed by atoms with Crippen molar-refractivity contribution in [2.75, 3.05) is 0 Å². The molecule has 0 atom stereocenters. The molecule has 2 amide bonds. The second-order valence-corrected chi connectivity index (χ2v) is 4.16. The van der Waals surface area contributed by atoms with Gasteiger partial charge in [-0.05, 0) is 18.3 Å². The monoisotopic (exact) mass is 183 g/mol. The molecule has 1 heterocycles. The van der Waals surface area contributed by atoms with E-state index in [4.69, 9.17) is 5.21 Å². The fourth-order valence-electron chi connectivity index (χ4n) is 2.47. The molecule has 2 rings (SSSR count).